The monoisotopic (exact) mass is 482 g/mol. The Kier molecular flexibility index (Phi) is 9.03. The SMILES string of the molecule is C/C=C/O.CC/C=C(\C)n1nc(C(F)(F)F)cc1-c1ccc(-c2cccc(S(C)=O)c2)s1. The van der Waals surface area contributed by atoms with Crippen LogP contribution in [0.4, 0.5) is 13.2 Å². The van der Waals surface area contributed by atoms with Crippen LogP contribution in [0.2, 0.25) is 0 Å². The second-order valence-corrected chi connectivity index (χ2v) is 9.17. The van der Waals surface area contributed by atoms with Crippen molar-refractivity contribution in [2.24, 2.45) is 0 Å². The second kappa shape index (κ2) is 11.3. The van der Waals surface area contributed by atoms with Crippen LogP contribution < -0.4 is 0 Å². The molecule has 0 saturated carbocycles. The highest BCUT2D eigenvalue weighted by Crippen LogP contribution is 2.38. The average Bonchev–Trinajstić information content (AvgIpc) is 3.41. The molecule has 0 amide bonds. The van der Waals surface area contributed by atoms with Gasteiger partial charge >= 0.3 is 6.18 Å². The van der Waals surface area contributed by atoms with Crippen molar-refractivity contribution in [1.82, 2.24) is 9.78 Å². The molecule has 0 aliphatic heterocycles. The van der Waals surface area contributed by atoms with Crippen LogP contribution in [-0.2, 0) is 17.0 Å². The van der Waals surface area contributed by atoms with Gasteiger partial charge in [-0.2, -0.15) is 18.3 Å². The highest BCUT2D eigenvalue weighted by atomic mass is 32.2. The number of alkyl halides is 3. The van der Waals surface area contributed by atoms with Gasteiger partial charge in [0.25, 0.3) is 0 Å². The third-order valence-corrected chi connectivity index (χ3v) is 6.37. The molecular weight excluding hydrogens is 457 g/mol. The van der Waals surface area contributed by atoms with Gasteiger partial charge in [0, 0.05) is 32.5 Å². The van der Waals surface area contributed by atoms with E-state index in [2.05, 4.69) is 5.10 Å². The molecule has 0 spiro atoms. The smallest absolute Gasteiger partial charge is 0.435 e. The van der Waals surface area contributed by atoms with Crippen LogP contribution in [0.15, 0.2) is 65.8 Å². The third-order valence-electron chi connectivity index (χ3n) is 4.29. The predicted octanol–water partition coefficient (Wildman–Crippen LogP) is 7.38. The maximum absolute atomic E-state index is 13.2. The normalized spacial score (nSPS) is 13.2. The lowest BCUT2D eigenvalue weighted by molar-refractivity contribution is -0.141. The Morgan fingerprint density at radius 2 is 1.88 bits per heavy atom. The van der Waals surface area contributed by atoms with Crippen molar-refractivity contribution in [1.29, 1.82) is 0 Å². The number of nitrogens with zero attached hydrogens (tertiary/aromatic N) is 2. The number of aliphatic hydroxyl groups excluding tert-OH is 1. The fraction of sp³-hybridized carbons (Fsp3) is 0.261. The van der Waals surface area contributed by atoms with Gasteiger partial charge in [-0.25, -0.2) is 4.68 Å². The van der Waals surface area contributed by atoms with Crippen molar-refractivity contribution in [3.63, 3.8) is 0 Å². The first-order valence-corrected chi connectivity index (χ1v) is 12.1. The molecule has 0 aliphatic carbocycles. The van der Waals surface area contributed by atoms with Gasteiger partial charge in [-0.15, -0.1) is 11.3 Å². The Morgan fingerprint density at radius 1 is 1.22 bits per heavy atom. The van der Waals surface area contributed by atoms with Crippen LogP contribution >= 0.6 is 11.3 Å². The van der Waals surface area contributed by atoms with Crippen molar-refractivity contribution in [2.45, 2.75) is 38.3 Å². The fourth-order valence-corrected chi connectivity index (χ4v) is 4.37. The van der Waals surface area contributed by atoms with Gasteiger partial charge < -0.3 is 5.11 Å². The van der Waals surface area contributed by atoms with E-state index in [1.165, 1.54) is 16.0 Å². The van der Waals surface area contributed by atoms with Crippen LogP contribution in [0.25, 0.3) is 26.7 Å². The molecule has 32 heavy (non-hydrogen) atoms. The summed E-state index contributed by atoms with van der Waals surface area (Å²) in [6, 6.07) is 12.1. The van der Waals surface area contributed by atoms with Gasteiger partial charge in [-0.05, 0) is 56.2 Å². The van der Waals surface area contributed by atoms with Crippen LogP contribution in [0.3, 0.4) is 0 Å². The van der Waals surface area contributed by atoms with E-state index in [9.17, 15) is 17.4 Å². The molecule has 172 valence electrons. The van der Waals surface area contributed by atoms with Crippen LogP contribution in [0.1, 0.15) is 32.9 Å². The summed E-state index contributed by atoms with van der Waals surface area (Å²) in [6.07, 6.45) is 2.19. The minimum atomic E-state index is -4.51. The summed E-state index contributed by atoms with van der Waals surface area (Å²) in [5, 5.41) is 11.5. The molecule has 2 heterocycles. The summed E-state index contributed by atoms with van der Waals surface area (Å²) in [5.41, 5.74) is 1.02. The molecule has 0 bridgehead atoms. The summed E-state index contributed by atoms with van der Waals surface area (Å²) < 4.78 is 52.7. The summed E-state index contributed by atoms with van der Waals surface area (Å²) in [6.45, 7) is 5.42. The molecule has 9 heteroatoms. The zero-order chi connectivity index (χ0) is 23.9. The minimum absolute atomic E-state index is 0.404. The molecule has 0 saturated heterocycles. The van der Waals surface area contributed by atoms with E-state index in [-0.39, 0.29) is 0 Å². The van der Waals surface area contributed by atoms with Crippen LogP contribution in [-0.4, -0.2) is 25.4 Å². The number of allylic oxidation sites excluding steroid dienone is 3. The van der Waals surface area contributed by atoms with Crippen molar-refractivity contribution in [3.8, 4) is 21.0 Å². The summed E-state index contributed by atoms with van der Waals surface area (Å²) in [4.78, 5) is 2.28. The molecule has 1 N–H and O–H groups in total. The van der Waals surface area contributed by atoms with Crippen molar-refractivity contribution in [2.75, 3.05) is 6.26 Å². The maximum atomic E-state index is 13.2. The molecule has 0 fully saturated rings. The standard InChI is InChI=1S/C20H19F3N2OS2.C3H6O/c1-4-6-13(2)25-16(12-19(24-25)20(21,22)23)18-10-9-17(27-18)14-7-5-8-15(11-14)28(3)26;1-2-3-4/h5-12H,4H2,1-3H3;2-4H,1H3/b13-6+;3-2+. The summed E-state index contributed by atoms with van der Waals surface area (Å²) in [5.74, 6) is 0. The van der Waals surface area contributed by atoms with Crippen molar-refractivity contribution >= 4 is 27.8 Å². The molecule has 1 atom stereocenters. The molecule has 4 nitrogen and oxygen atoms in total. The van der Waals surface area contributed by atoms with E-state index in [1.54, 1.807) is 38.3 Å². The van der Waals surface area contributed by atoms with E-state index in [0.29, 0.717) is 27.6 Å². The highest BCUT2D eigenvalue weighted by Gasteiger charge is 2.35. The first-order chi connectivity index (χ1) is 15.1. The number of hydrogen-bond donors (Lipinski definition) is 1. The van der Waals surface area contributed by atoms with E-state index in [0.717, 1.165) is 22.8 Å². The number of aliphatic hydroxyl groups is 1. The van der Waals surface area contributed by atoms with Gasteiger partial charge in [0.2, 0.25) is 0 Å². The quantitative estimate of drug-likeness (QED) is 0.386. The van der Waals surface area contributed by atoms with Crippen LogP contribution in [0, 0.1) is 0 Å². The van der Waals surface area contributed by atoms with Gasteiger partial charge in [0.05, 0.1) is 16.8 Å². The molecule has 0 aliphatic rings. The lowest BCUT2D eigenvalue weighted by Gasteiger charge is -2.06. The van der Waals surface area contributed by atoms with Gasteiger partial charge in [0.1, 0.15) is 0 Å². The predicted molar refractivity (Wildman–Crippen MR) is 126 cm³/mol. The molecule has 3 aromatic rings. The lowest BCUT2D eigenvalue weighted by atomic mass is 10.2. The number of hydrogen-bond acceptors (Lipinski definition) is 4. The molecule has 0 radical (unpaired) electrons. The number of halogens is 3. The highest BCUT2D eigenvalue weighted by molar-refractivity contribution is 7.84. The maximum Gasteiger partial charge on any atom is 0.435 e. The largest absolute Gasteiger partial charge is 0.516 e. The topological polar surface area (TPSA) is 55.1 Å². The fourth-order valence-electron chi connectivity index (χ4n) is 2.80. The molecule has 1 unspecified atom stereocenters. The number of rotatable bonds is 5. The average molecular weight is 483 g/mol. The van der Waals surface area contributed by atoms with E-state index >= 15 is 0 Å². The van der Waals surface area contributed by atoms with Gasteiger partial charge in [-0.3, -0.25) is 4.21 Å². The molecule has 2 aromatic heterocycles. The molecular formula is C23H25F3N2O2S2. The van der Waals surface area contributed by atoms with Crippen LogP contribution in [0.5, 0.6) is 0 Å². The van der Waals surface area contributed by atoms with E-state index in [1.807, 2.05) is 37.3 Å². The molecule has 3 rings (SSSR count). The lowest BCUT2D eigenvalue weighted by Crippen LogP contribution is -2.07. The third kappa shape index (κ3) is 6.43. The van der Waals surface area contributed by atoms with Gasteiger partial charge in [-0.1, -0.05) is 31.2 Å². The van der Waals surface area contributed by atoms with E-state index in [4.69, 9.17) is 5.11 Å². The Balaban J connectivity index is 0.000000837. The van der Waals surface area contributed by atoms with Crippen molar-refractivity contribution in [3.05, 3.63) is 66.6 Å². The Bertz CT molecular complexity index is 1120. The minimum Gasteiger partial charge on any atom is -0.516 e. The number of thiophene rings is 1. The number of benzene rings is 1. The number of aromatic nitrogens is 2. The zero-order valence-corrected chi connectivity index (χ0v) is 19.8. The molecule has 1 aromatic carbocycles. The summed E-state index contributed by atoms with van der Waals surface area (Å²) in [7, 11) is -1.10. The first kappa shape index (κ1) is 25.6. The second-order valence-electron chi connectivity index (χ2n) is 6.71. The van der Waals surface area contributed by atoms with Gasteiger partial charge in [0.15, 0.2) is 5.69 Å². The van der Waals surface area contributed by atoms with E-state index < -0.39 is 22.7 Å². The Labute approximate surface area is 192 Å². The van der Waals surface area contributed by atoms with Crippen molar-refractivity contribution < 1.29 is 22.5 Å². The zero-order valence-electron chi connectivity index (χ0n) is 18.2. The summed E-state index contributed by atoms with van der Waals surface area (Å²) >= 11 is 1.38. The Morgan fingerprint density at radius 3 is 2.44 bits per heavy atom. The first-order valence-electron chi connectivity index (χ1n) is 9.76. The Hall–Kier alpha value is -2.65.